The number of phenolic OH excluding ortho intramolecular Hbond substituents is 2. The van der Waals surface area contributed by atoms with Crippen molar-refractivity contribution in [1.29, 1.82) is 0 Å². The minimum Gasteiger partial charge on any atom is -0.508 e. The summed E-state index contributed by atoms with van der Waals surface area (Å²) in [5.74, 6) is -1.16. The van der Waals surface area contributed by atoms with Gasteiger partial charge in [0.25, 0.3) is 5.91 Å². The van der Waals surface area contributed by atoms with Crippen LogP contribution in [-0.2, 0) is 4.79 Å². The second kappa shape index (κ2) is 7.08. The van der Waals surface area contributed by atoms with Gasteiger partial charge in [-0.2, -0.15) is 5.10 Å². The second-order valence-electron chi connectivity index (χ2n) is 4.74. The highest BCUT2D eigenvalue weighted by atomic mass is 16.3. The number of hydrazone groups is 1. The van der Waals surface area contributed by atoms with Crippen LogP contribution in [-0.4, -0.2) is 28.2 Å². The lowest BCUT2D eigenvalue weighted by atomic mass is 10.2. The molecule has 23 heavy (non-hydrogen) atoms. The van der Waals surface area contributed by atoms with E-state index in [1.165, 1.54) is 25.3 Å². The third kappa shape index (κ3) is 4.85. The van der Waals surface area contributed by atoms with Crippen LogP contribution < -0.4 is 10.7 Å². The number of phenols is 2. The van der Waals surface area contributed by atoms with Crippen LogP contribution in [0.25, 0.3) is 0 Å². The molecule has 0 spiro atoms. The van der Waals surface area contributed by atoms with Crippen LogP contribution in [0.5, 0.6) is 11.5 Å². The lowest BCUT2D eigenvalue weighted by Gasteiger charge is -2.03. The monoisotopic (exact) mass is 313 g/mol. The van der Waals surface area contributed by atoms with Gasteiger partial charge in [-0.1, -0.05) is 12.1 Å². The van der Waals surface area contributed by atoms with Crippen molar-refractivity contribution in [1.82, 2.24) is 5.43 Å². The summed E-state index contributed by atoms with van der Waals surface area (Å²) in [7, 11) is 0. The zero-order chi connectivity index (χ0) is 16.8. The molecule has 4 N–H and O–H groups in total. The Hall–Kier alpha value is -3.35. The van der Waals surface area contributed by atoms with Crippen LogP contribution in [0.1, 0.15) is 22.8 Å². The van der Waals surface area contributed by atoms with E-state index in [2.05, 4.69) is 15.8 Å². The molecule has 0 radical (unpaired) electrons. The zero-order valence-electron chi connectivity index (χ0n) is 12.3. The van der Waals surface area contributed by atoms with Crippen molar-refractivity contribution < 1.29 is 19.8 Å². The Morgan fingerprint density at radius 3 is 2.22 bits per heavy atom. The van der Waals surface area contributed by atoms with E-state index in [1.807, 2.05) is 0 Å². The van der Waals surface area contributed by atoms with E-state index in [0.717, 1.165) is 11.6 Å². The fourth-order valence-electron chi connectivity index (χ4n) is 1.81. The van der Waals surface area contributed by atoms with E-state index in [9.17, 15) is 19.8 Å². The molecule has 0 heterocycles. The molecule has 118 valence electrons. The zero-order valence-corrected chi connectivity index (χ0v) is 12.3. The largest absolute Gasteiger partial charge is 0.508 e. The SMILES string of the molecule is CC(=O)Nc1ccc(/C=N/NC(=O)c2cc(O)cc(O)c2)cc1. The summed E-state index contributed by atoms with van der Waals surface area (Å²) in [5, 5.41) is 25.1. The molecule has 2 aromatic carbocycles. The fraction of sp³-hybridized carbons (Fsp3) is 0.0625. The van der Waals surface area contributed by atoms with Gasteiger partial charge in [-0.05, 0) is 29.8 Å². The average Bonchev–Trinajstić information content (AvgIpc) is 2.47. The Balaban J connectivity index is 1.98. The summed E-state index contributed by atoms with van der Waals surface area (Å²) in [6.45, 7) is 1.42. The number of carbonyl (C=O) groups excluding carboxylic acids is 2. The smallest absolute Gasteiger partial charge is 0.271 e. The van der Waals surface area contributed by atoms with Gasteiger partial charge in [0.05, 0.1) is 6.21 Å². The standard InChI is InChI=1S/C16H15N3O4/c1-10(20)18-13-4-2-11(3-5-13)9-17-19-16(23)12-6-14(21)8-15(22)7-12/h2-9,21-22H,1H3,(H,18,20)(H,19,23)/b17-9+. The molecular weight excluding hydrogens is 298 g/mol. The van der Waals surface area contributed by atoms with Crippen molar-refractivity contribution in [2.75, 3.05) is 5.32 Å². The number of anilines is 1. The van der Waals surface area contributed by atoms with E-state index < -0.39 is 5.91 Å². The number of hydrogen-bond acceptors (Lipinski definition) is 5. The number of nitrogens with one attached hydrogen (secondary N) is 2. The first-order valence-electron chi connectivity index (χ1n) is 6.68. The van der Waals surface area contributed by atoms with Gasteiger partial charge in [0.15, 0.2) is 0 Å². The number of carbonyl (C=O) groups is 2. The lowest BCUT2D eigenvalue weighted by Crippen LogP contribution is -2.17. The van der Waals surface area contributed by atoms with Gasteiger partial charge in [-0.15, -0.1) is 0 Å². The molecule has 0 aliphatic rings. The first kappa shape index (κ1) is 16.0. The quantitative estimate of drug-likeness (QED) is 0.509. The van der Waals surface area contributed by atoms with E-state index in [-0.39, 0.29) is 23.0 Å². The number of hydrogen-bond donors (Lipinski definition) is 4. The molecule has 7 heteroatoms. The molecule has 2 aromatic rings. The van der Waals surface area contributed by atoms with Crippen molar-refractivity contribution in [3.05, 3.63) is 53.6 Å². The predicted molar refractivity (Wildman–Crippen MR) is 85.6 cm³/mol. The molecule has 0 saturated carbocycles. The van der Waals surface area contributed by atoms with Crippen LogP contribution in [0, 0.1) is 0 Å². The summed E-state index contributed by atoms with van der Waals surface area (Å²) in [4.78, 5) is 22.7. The van der Waals surface area contributed by atoms with Crippen molar-refractivity contribution in [3.8, 4) is 11.5 Å². The Morgan fingerprint density at radius 1 is 1.04 bits per heavy atom. The highest BCUT2D eigenvalue weighted by molar-refractivity contribution is 5.95. The number of amides is 2. The lowest BCUT2D eigenvalue weighted by molar-refractivity contribution is -0.114. The topological polar surface area (TPSA) is 111 Å². The molecule has 2 rings (SSSR count). The number of rotatable bonds is 4. The summed E-state index contributed by atoms with van der Waals surface area (Å²) < 4.78 is 0. The molecule has 0 aliphatic carbocycles. The molecule has 0 fully saturated rings. The summed E-state index contributed by atoms with van der Waals surface area (Å²) in [6.07, 6.45) is 1.43. The maximum absolute atomic E-state index is 11.8. The number of benzene rings is 2. The molecule has 0 unspecified atom stereocenters. The molecule has 0 aliphatic heterocycles. The van der Waals surface area contributed by atoms with Crippen LogP contribution in [0.15, 0.2) is 47.6 Å². The highest BCUT2D eigenvalue weighted by Crippen LogP contribution is 2.20. The van der Waals surface area contributed by atoms with Crippen LogP contribution in [0.4, 0.5) is 5.69 Å². The molecule has 0 aromatic heterocycles. The van der Waals surface area contributed by atoms with Crippen LogP contribution >= 0.6 is 0 Å². The van der Waals surface area contributed by atoms with Gasteiger partial charge < -0.3 is 15.5 Å². The van der Waals surface area contributed by atoms with E-state index >= 15 is 0 Å². The van der Waals surface area contributed by atoms with Gasteiger partial charge >= 0.3 is 0 Å². The van der Waals surface area contributed by atoms with Crippen molar-refractivity contribution in [2.24, 2.45) is 5.10 Å². The van der Waals surface area contributed by atoms with E-state index in [1.54, 1.807) is 24.3 Å². The van der Waals surface area contributed by atoms with Gasteiger partial charge in [-0.25, -0.2) is 5.43 Å². The van der Waals surface area contributed by atoms with E-state index in [0.29, 0.717) is 5.69 Å². The first-order chi connectivity index (χ1) is 10.9. The summed E-state index contributed by atoms with van der Waals surface area (Å²) in [6, 6.07) is 10.4. The average molecular weight is 313 g/mol. The molecule has 7 nitrogen and oxygen atoms in total. The molecular formula is C16H15N3O4. The number of nitrogens with zero attached hydrogens (tertiary/aromatic N) is 1. The predicted octanol–water partition coefficient (Wildman–Crippen LogP) is 1.82. The summed E-state index contributed by atoms with van der Waals surface area (Å²) in [5.41, 5.74) is 3.75. The van der Waals surface area contributed by atoms with Crippen molar-refractivity contribution >= 4 is 23.7 Å². The number of aromatic hydroxyl groups is 2. The fourth-order valence-corrected chi connectivity index (χ4v) is 1.81. The highest BCUT2D eigenvalue weighted by Gasteiger charge is 2.07. The minimum absolute atomic E-state index is 0.0839. The van der Waals surface area contributed by atoms with Gasteiger partial charge in [0, 0.05) is 24.2 Å². The normalized spacial score (nSPS) is 10.5. The third-order valence-electron chi connectivity index (χ3n) is 2.78. The van der Waals surface area contributed by atoms with Gasteiger partial charge in [-0.3, -0.25) is 9.59 Å². The second-order valence-corrected chi connectivity index (χ2v) is 4.74. The third-order valence-corrected chi connectivity index (χ3v) is 2.78. The summed E-state index contributed by atoms with van der Waals surface area (Å²) >= 11 is 0. The molecule has 2 amide bonds. The van der Waals surface area contributed by atoms with Crippen molar-refractivity contribution in [2.45, 2.75) is 6.92 Å². The van der Waals surface area contributed by atoms with Crippen LogP contribution in [0.3, 0.4) is 0 Å². The Labute approximate surface area is 132 Å². The first-order valence-corrected chi connectivity index (χ1v) is 6.68. The molecule has 0 saturated heterocycles. The minimum atomic E-state index is -0.567. The van der Waals surface area contributed by atoms with E-state index in [4.69, 9.17) is 0 Å². The molecule has 0 bridgehead atoms. The maximum atomic E-state index is 11.8. The molecule has 0 atom stereocenters. The van der Waals surface area contributed by atoms with Crippen LogP contribution in [0.2, 0.25) is 0 Å². The van der Waals surface area contributed by atoms with Gasteiger partial charge in [0.1, 0.15) is 11.5 Å². The Kier molecular flexibility index (Phi) is 4.93. The Morgan fingerprint density at radius 2 is 1.65 bits per heavy atom. The Bertz CT molecular complexity index is 734. The van der Waals surface area contributed by atoms with Crippen molar-refractivity contribution in [3.63, 3.8) is 0 Å². The maximum Gasteiger partial charge on any atom is 0.271 e. The van der Waals surface area contributed by atoms with Gasteiger partial charge in [0.2, 0.25) is 5.91 Å².